The largest absolute Gasteiger partial charge is 0.508 e. The SMILES string of the molecule is Cc1cccc(N2C(=O)[C@H]3[C@H](ON(c4ccccc4)[C@@H]3c3ccccc3O)C2=O)c1. The van der Waals surface area contributed by atoms with E-state index in [4.69, 9.17) is 4.84 Å². The summed E-state index contributed by atoms with van der Waals surface area (Å²) in [6.45, 7) is 1.91. The van der Waals surface area contributed by atoms with E-state index in [9.17, 15) is 14.7 Å². The van der Waals surface area contributed by atoms with Crippen LogP contribution in [0.4, 0.5) is 11.4 Å². The molecule has 2 saturated heterocycles. The van der Waals surface area contributed by atoms with Crippen LogP contribution in [0, 0.1) is 12.8 Å². The number of anilines is 2. The third kappa shape index (κ3) is 2.76. The maximum atomic E-state index is 13.5. The molecule has 2 aliphatic rings. The van der Waals surface area contributed by atoms with Gasteiger partial charge in [-0.15, -0.1) is 0 Å². The second-order valence-corrected chi connectivity index (χ2v) is 7.57. The molecule has 6 nitrogen and oxygen atoms in total. The summed E-state index contributed by atoms with van der Waals surface area (Å²) in [6, 6.07) is 22.8. The average Bonchev–Trinajstić information content (AvgIpc) is 3.25. The lowest BCUT2D eigenvalue weighted by atomic mass is 9.90. The Morgan fingerprint density at radius 3 is 2.27 bits per heavy atom. The van der Waals surface area contributed by atoms with Crippen LogP contribution in [0.25, 0.3) is 0 Å². The molecule has 3 atom stereocenters. The second kappa shape index (κ2) is 7.00. The van der Waals surface area contributed by atoms with Gasteiger partial charge in [0.15, 0.2) is 6.10 Å². The molecule has 3 aromatic rings. The molecule has 5 rings (SSSR count). The van der Waals surface area contributed by atoms with Gasteiger partial charge in [0.25, 0.3) is 5.91 Å². The van der Waals surface area contributed by atoms with Crippen LogP contribution >= 0.6 is 0 Å². The van der Waals surface area contributed by atoms with Gasteiger partial charge >= 0.3 is 0 Å². The minimum absolute atomic E-state index is 0.0573. The van der Waals surface area contributed by atoms with Crippen LogP contribution < -0.4 is 9.96 Å². The zero-order valence-corrected chi connectivity index (χ0v) is 16.3. The van der Waals surface area contributed by atoms with Crippen molar-refractivity contribution in [3.63, 3.8) is 0 Å². The highest BCUT2D eigenvalue weighted by molar-refractivity contribution is 6.24. The van der Waals surface area contributed by atoms with Crippen molar-refractivity contribution in [3.8, 4) is 5.75 Å². The number of hydrogen-bond donors (Lipinski definition) is 1. The monoisotopic (exact) mass is 400 g/mol. The fraction of sp³-hybridized carbons (Fsp3) is 0.167. The van der Waals surface area contributed by atoms with E-state index in [0.29, 0.717) is 16.9 Å². The summed E-state index contributed by atoms with van der Waals surface area (Å²) in [7, 11) is 0. The summed E-state index contributed by atoms with van der Waals surface area (Å²) >= 11 is 0. The van der Waals surface area contributed by atoms with Gasteiger partial charge in [0.1, 0.15) is 11.7 Å². The van der Waals surface area contributed by atoms with Crippen LogP contribution in [0.5, 0.6) is 5.75 Å². The van der Waals surface area contributed by atoms with Crippen molar-refractivity contribution in [1.29, 1.82) is 0 Å². The van der Waals surface area contributed by atoms with Crippen molar-refractivity contribution in [2.24, 2.45) is 5.92 Å². The number of fused-ring (bicyclic) bond motifs is 1. The molecule has 0 bridgehead atoms. The normalized spacial score (nSPS) is 23.2. The van der Waals surface area contributed by atoms with E-state index in [1.165, 1.54) is 4.90 Å². The van der Waals surface area contributed by atoms with Crippen molar-refractivity contribution < 1.29 is 19.5 Å². The molecule has 30 heavy (non-hydrogen) atoms. The number of hydrogen-bond acceptors (Lipinski definition) is 5. The number of aromatic hydroxyl groups is 1. The summed E-state index contributed by atoms with van der Waals surface area (Å²) in [5.74, 6) is -1.44. The number of phenols is 1. The molecular weight excluding hydrogens is 380 g/mol. The Morgan fingerprint density at radius 2 is 1.53 bits per heavy atom. The standard InChI is InChI=1S/C24H20N2O4/c1-15-8-7-11-17(14-15)25-23(28)20-21(18-12-5-6-13-19(18)27)26(30-22(20)24(25)29)16-9-3-2-4-10-16/h2-14,20-22,27H,1H3/t20-,21-,22+/m1/s1. The second-order valence-electron chi connectivity index (χ2n) is 7.57. The fourth-order valence-corrected chi connectivity index (χ4v) is 4.29. The van der Waals surface area contributed by atoms with Crippen LogP contribution in [0.1, 0.15) is 17.2 Å². The third-order valence-corrected chi connectivity index (χ3v) is 5.64. The van der Waals surface area contributed by atoms with Crippen molar-refractivity contribution in [1.82, 2.24) is 0 Å². The lowest BCUT2D eigenvalue weighted by Gasteiger charge is -2.29. The molecule has 2 fully saturated rings. The molecule has 3 aromatic carbocycles. The van der Waals surface area contributed by atoms with Gasteiger partial charge in [-0.25, -0.2) is 9.96 Å². The number of carbonyl (C=O) groups is 2. The molecule has 1 N–H and O–H groups in total. The predicted molar refractivity (Wildman–Crippen MR) is 112 cm³/mol. The quantitative estimate of drug-likeness (QED) is 0.678. The van der Waals surface area contributed by atoms with E-state index in [0.717, 1.165) is 5.56 Å². The summed E-state index contributed by atoms with van der Waals surface area (Å²) in [4.78, 5) is 34.0. The van der Waals surface area contributed by atoms with Gasteiger partial charge in [-0.05, 0) is 42.8 Å². The Balaban J connectivity index is 1.61. The molecule has 0 unspecified atom stereocenters. The van der Waals surface area contributed by atoms with Gasteiger partial charge in [-0.3, -0.25) is 14.4 Å². The zero-order valence-electron chi connectivity index (χ0n) is 16.3. The molecule has 6 heteroatoms. The first-order valence-corrected chi connectivity index (χ1v) is 9.79. The molecule has 0 spiro atoms. The third-order valence-electron chi connectivity index (χ3n) is 5.64. The molecule has 2 amide bonds. The Labute approximate surface area is 173 Å². The molecular formula is C24H20N2O4. The Morgan fingerprint density at radius 1 is 0.833 bits per heavy atom. The van der Waals surface area contributed by atoms with Crippen LogP contribution in [0.2, 0.25) is 0 Å². The van der Waals surface area contributed by atoms with E-state index in [1.807, 2.05) is 49.4 Å². The summed E-state index contributed by atoms with van der Waals surface area (Å²) in [5, 5.41) is 12.1. The van der Waals surface area contributed by atoms with Gasteiger partial charge in [-0.1, -0.05) is 48.5 Å². The molecule has 0 saturated carbocycles. The molecule has 150 valence electrons. The molecule has 2 aliphatic heterocycles. The molecule has 2 heterocycles. The minimum atomic E-state index is -0.956. The van der Waals surface area contributed by atoms with Gasteiger partial charge in [0, 0.05) is 5.56 Å². The Hall–Kier alpha value is -3.64. The van der Waals surface area contributed by atoms with E-state index in [-0.39, 0.29) is 11.7 Å². The van der Waals surface area contributed by atoms with Gasteiger partial charge in [0.2, 0.25) is 5.91 Å². The lowest BCUT2D eigenvalue weighted by Crippen LogP contribution is -2.37. The first-order chi connectivity index (χ1) is 14.6. The number of rotatable bonds is 3. The van der Waals surface area contributed by atoms with Crippen molar-refractivity contribution in [3.05, 3.63) is 90.0 Å². The number of imide groups is 1. The number of aryl methyl sites for hydroxylation is 1. The maximum absolute atomic E-state index is 13.5. The highest BCUT2D eigenvalue weighted by Gasteiger charge is 2.60. The first-order valence-electron chi connectivity index (χ1n) is 9.79. The zero-order chi connectivity index (χ0) is 20.8. The minimum Gasteiger partial charge on any atom is -0.508 e. The lowest BCUT2D eigenvalue weighted by molar-refractivity contribution is -0.126. The van der Waals surface area contributed by atoms with E-state index in [1.54, 1.807) is 41.5 Å². The van der Waals surface area contributed by atoms with Crippen LogP contribution in [-0.2, 0) is 14.4 Å². The predicted octanol–water partition coefficient (Wildman–Crippen LogP) is 3.75. The van der Waals surface area contributed by atoms with Gasteiger partial charge < -0.3 is 5.11 Å². The van der Waals surface area contributed by atoms with E-state index in [2.05, 4.69) is 0 Å². The van der Waals surface area contributed by atoms with Gasteiger partial charge in [-0.2, -0.15) is 0 Å². The topological polar surface area (TPSA) is 70.1 Å². The van der Waals surface area contributed by atoms with E-state index < -0.39 is 24.0 Å². The highest BCUT2D eigenvalue weighted by Crippen LogP contribution is 2.49. The van der Waals surface area contributed by atoms with Crippen LogP contribution in [0.15, 0.2) is 78.9 Å². The highest BCUT2D eigenvalue weighted by atomic mass is 16.7. The Kier molecular flexibility index (Phi) is 4.29. The number of carbonyl (C=O) groups excluding carboxylic acids is 2. The number of benzene rings is 3. The van der Waals surface area contributed by atoms with Crippen LogP contribution in [0.3, 0.4) is 0 Å². The maximum Gasteiger partial charge on any atom is 0.266 e. The van der Waals surface area contributed by atoms with Crippen LogP contribution in [-0.4, -0.2) is 23.0 Å². The number of para-hydroxylation sites is 2. The Bertz CT molecular complexity index is 1130. The van der Waals surface area contributed by atoms with E-state index >= 15 is 0 Å². The number of amides is 2. The fourth-order valence-electron chi connectivity index (χ4n) is 4.29. The van der Waals surface area contributed by atoms with Crippen molar-refractivity contribution >= 4 is 23.2 Å². The molecule has 0 radical (unpaired) electrons. The summed E-state index contributed by atoms with van der Waals surface area (Å²) in [5.41, 5.74) is 2.74. The molecule has 0 aromatic heterocycles. The average molecular weight is 400 g/mol. The number of phenolic OH excluding ortho intramolecular Hbond substituents is 1. The smallest absolute Gasteiger partial charge is 0.266 e. The van der Waals surface area contributed by atoms with Crippen molar-refractivity contribution in [2.75, 3.05) is 9.96 Å². The number of hydroxylamine groups is 1. The van der Waals surface area contributed by atoms with Crippen molar-refractivity contribution in [2.45, 2.75) is 19.1 Å². The first kappa shape index (κ1) is 18.4. The van der Waals surface area contributed by atoms with Gasteiger partial charge in [0.05, 0.1) is 17.4 Å². The number of nitrogens with zero attached hydrogens (tertiary/aromatic N) is 2. The summed E-state index contributed by atoms with van der Waals surface area (Å²) < 4.78 is 0. The summed E-state index contributed by atoms with van der Waals surface area (Å²) in [6.07, 6.45) is -0.956. The molecule has 0 aliphatic carbocycles.